The average molecular weight is 319 g/mol. The standard InChI is InChI=1S/C16H27ClO4/c1-10(2)5-6-12-15(3,21-12)14-13(20-4)11(18)7-8-16(14,19)9-17/h5,11-14,18-19H,6-9H2,1-4H3/t11-,12-,13-,14+,15-,16+/m1/s1. The van der Waals surface area contributed by atoms with E-state index in [0.717, 1.165) is 6.42 Å². The molecule has 0 radical (unpaired) electrons. The Labute approximate surface area is 132 Å². The highest BCUT2D eigenvalue weighted by Gasteiger charge is 2.66. The number of rotatable bonds is 5. The number of halogens is 1. The van der Waals surface area contributed by atoms with E-state index in [1.54, 1.807) is 7.11 Å². The Morgan fingerprint density at radius 1 is 1.48 bits per heavy atom. The van der Waals surface area contributed by atoms with Gasteiger partial charge in [0.15, 0.2) is 0 Å². The van der Waals surface area contributed by atoms with Gasteiger partial charge < -0.3 is 19.7 Å². The predicted molar refractivity (Wildman–Crippen MR) is 82.5 cm³/mol. The summed E-state index contributed by atoms with van der Waals surface area (Å²) >= 11 is 6.04. The van der Waals surface area contributed by atoms with Crippen molar-refractivity contribution in [2.24, 2.45) is 5.92 Å². The molecular formula is C16H27ClO4. The van der Waals surface area contributed by atoms with E-state index in [2.05, 4.69) is 19.9 Å². The van der Waals surface area contributed by atoms with Crippen molar-refractivity contribution >= 4 is 11.6 Å². The molecule has 0 amide bonds. The van der Waals surface area contributed by atoms with Crippen molar-refractivity contribution in [2.45, 2.75) is 69.5 Å². The largest absolute Gasteiger partial charge is 0.390 e. The number of aliphatic hydroxyl groups is 2. The zero-order chi connectivity index (χ0) is 15.8. The molecule has 1 aliphatic carbocycles. The van der Waals surface area contributed by atoms with Crippen LogP contribution in [-0.4, -0.2) is 52.7 Å². The Balaban J connectivity index is 2.22. The summed E-state index contributed by atoms with van der Waals surface area (Å²) in [5.41, 5.74) is -0.319. The number of allylic oxidation sites excluding steroid dienone is 1. The van der Waals surface area contributed by atoms with Crippen LogP contribution in [0.1, 0.15) is 40.0 Å². The first-order valence-electron chi connectivity index (χ1n) is 7.59. The first-order valence-corrected chi connectivity index (χ1v) is 8.12. The maximum Gasteiger partial charge on any atom is 0.100 e. The first kappa shape index (κ1) is 17.2. The van der Waals surface area contributed by atoms with E-state index in [0.29, 0.717) is 12.8 Å². The Morgan fingerprint density at radius 3 is 2.67 bits per heavy atom. The summed E-state index contributed by atoms with van der Waals surface area (Å²) in [6.45, 7) is 6.09. The molecule has 4 nitrogen and oxygen atoms in total. The summed E-state index contributed by atoms with van der Waals surface area (Å²) in [7, 11) is 1.57. The smallest absolute Gasteiger partial charge is 0.100 e. The van der Waals surface area contributed by atoms with Crippen LogP contribution < -0.4 is 0 Å². The summed E-state index contributed by atoms with van der Waals surface area (Å²) in [5.74, 6) is -0.203. The van der Waals surface area contributed by atoms with Gasteiger partial charge in [-0.2, -0.15) is 0 Å². The Hall–Kier alpha value is -0.130. The number of alkyl halides is 1. The van der Waals surface area contributed by atoms with Crippen LogP contribution in [0.5, 0.6) is 0 Å². The minimum atomic E-state index is -1.06. The van der Waals surface area contributed by atoms with Gasteiger partial charge in [0.1, 0.15) is 5.60 Å². The first-order chi connectivity index (χ1) is 9.78. The lowest BCUT2D eigenvalue weighted by Gasteiger charge is -2.47. The minimum Gasteiger partial charge on any atom is -0.390 e. The van der Waals surface area contributed by atoms with Crippen LogP contribution in [0.4, 0.5) is 0 Å². The molecule has 1 saturated carbocycles. The van der Waals surface area contributed by atoms with Crippen LogP contribution in [-0.2, 0) is 9.47 Å². The van der Waals surface area contributed by atoms with Gasteiger partial charge in [-0.15, -0.1) is 11.6 Å². The van der Waals surface area contributed by atoms with Crippen molar-refractivity contribution in [3.8, 4) is 0 Å². The topological polar surface area (TPSA) is 62.2 Å². The fourth-order valence-corrected chi connectivity index (χ4v) is 4.02. The third-order valence-corrected chi connectivity index (χ3v) is 5.46. The van der Waals surface area contributed by atoms with Crippen LogP contribution >= 0.6 is 11.6 Å². The van der Waals surface area contributed by atoms with Gasteiger partial charge in [-0.25, -0.2) is 0 Å². The molecule has 2 aliphatic rings. The van der Waals surface area contributed by atoms with E-state index in [1.165, 1.54) is 5.57 Å². The van der Waals surface area contributed by atoms with E-state index in [1.807, 2.05) is 6.92 Å². The van der Waals surface area contributed by atoms with E-state index < -0.39 is 23.4 Å². The van der Waals surface area contributed by atoms with Crippen molar-refractivity contribution in [3.05, 3.63) is 11.6 Å². The molecule has 2 rings (SSSR count). The van der Waals surface area contributed by atoms with Gasteiger partial charge in [0.2, 0.25) is 0 Å². The van der Waals surface area contributed by atoms with E-state index >= 15 is 0 Å². The van der Waals surface area contributed by atoms with E-state index in [4.69, 9.17) is 21.1 Å². The normalized spacial score (nSPS) is 46.2. The number of hydrogen-bond acceptors (Lipinski definition) is 4. The molecule has 1 aliphatic heterocycles. The van der Waals surface area contributed by atoms with Crippen molar-refractivity contribution in [2.75, 3.05) is 13.0 Å². The quantitative estimate of drug-likeness (QED) is 0.464. The lowest BCUT2D eigenvalue weighted by atomic mass is 9.66. The Morgan fingerprint density at radius 2 is 2.14 bits per heavy atom. The number of hydrogen-bond donors (Lipinski definition) is 2. The second-order valence-corrected chi connectivity index (χ2v) is 7.10. The van der Waals surface area contributed by atoms with Crippen LogP contribution in [0.3, 0.4) is 0 Å². The zero-order valence-corrected chi connectivity index (χ0v) is 14.1. The van der Waals surface area contributed by atoms with Crippen molar-refractivity contribution in [3.63, 3.8) is 0 Å². The molecule has 2 N–H and O–H groups in total. The molecule has 0 bridgehead atoms. The van der Waals surface area contributed by atoms with Gasteiger partial charge in [-0.1, -0.05) is 11.6 Å². The molecule has 5 heteroatoms. The second-order valence-electron chi connectivity index (χ2n) is 6.83. The van der Waals surface area contributed by atoms with Gasteiger partial charge in [0, 0.05) is 13.0 Å². The van der Waals surface area contributed by atoms with Crippen LogP contribution in [0, 0.1) is 5.92 Å². The van der Waals surface area contributed by atoms with Gasteiger partial charge in [-0.05, 0) is 40.0 Å². The van der Waals surface area contributed by atoms with Gasteiger partial charge in [0.05, 0.1) is 29.8 Å². The molecule has 2 fully saturated rings. The summed E-state index contributed by atoms with van der Waals surface area (Å²) in [5, 5.41) is 21.1. The molecule has 0 aromatic rings. The predicted octanol–water partition coefficient (Wildman–Crippen LogP) is 2.26. The molecule has 122 valence electrons. The minimum absolute atomic E-state index is 0.0371. The lowest BCUT2D eigenvalue weighted by molar-refractivity contribution is -0.170. The SMILES string of the molecule is CO[C@@H]1[C@H](O)CC[C@](O)(CCl)[C@@H]1[C@]1(C)O[C@@H]1CC=C(C)C. The van der Waals surface area contributed by atoms with Gasteiger partial charge in [0.25, 0.3) is 0 Å². The van der Waals surface area contributed by atoms with E-state index in [-0.39, 0.29) is 17.9 Å². The number of methoxy groups -OCH3 is 1. The van der Waals surface area contributed by atoms with Crippen LogP contribution in [0.2, 0.25) is 0 Å². The number of epoxide rings is 1. The number of ether oxygens (including phenoxy) is 2. The van der Waals surface area contributed by atoms with Gasteiger partial charge in [-0.3, -0.25) is 0 Å². The average Bonchev–Trinajstić information content (AvgIpc) is 3.10. The highest BCUT2D eigenvalue weighted by atomic mass is 35.5. The monoisotopic (exact) mass is 318 g/mol. The fraction of sp³-hybridized carbons (Fsp3) is 0.875. The fourth-order valence-electron chi connectivity index (χ4n) is 3.72. The van der Waals surface area contributed by atoms with Crippen molar-refractivity contribution in [1.29, 1.82) is 0 Å². The lowest BCUT2D eigenvalue weighted by Crippen LogP contribution is -2.60. The molecule has 1 heterocycles. The van der Waals surface area contributed by atoms with Crippen molar-refractivity contribution < 1.29 is 19.7 Å². The molecule has 1 saturated heterocycles. The maximum atomic E-state index is 10.9. The molecular weight excluding hydrogens is 292 g/mol. The molecule has 0 aromatic heterocycles. The van der Waals surface area contributed by atoms with E-state index in [9.17, 15) is 10.2 Å². The Bertz CT molecular complexity index is 409. The summed E-state index contributed by atoms with van der Waals surface area (Å²) in [6, 6.07) is 0. The summed E-state index contributed by atoms with van der Waals surface area (Å²) < 4.78 is 11.4. The van der Waals surface area contributed by atoms with Gasteiger partial charge >= 0.3 is 0 Å². The third kappa shape index (κ3) is 3.15. The molecule has 6 atom stereocenters. The zero-order valence-electron chi connectivity index (χ0n) is 13.3. The van der Waals surface area contributed by atoms with Crippen molar-refractivity contribution in [1.82, 2.24) is 0 Å². The molecule has 0 spiro atoms. The molecule has 0 unspecified atom stereocenters. The maximum absolute atomic E-state index is 10.9. The second kappa shape index (κ2) is 6.17. The Kier molecular flexibility index (Phi) is 5.06. The highest BCUT2D eigenvalue weighted by Crippen LogP contribution is 2.54. The molecule has 21 heavy (non-hydrogen) atoms. The highest BCUT2D eigenvalue weighted by molar-refractivity contribution is 6.18. The van der Waals surface area contributed by atoms with Crippen LogP contribution in [0.25, 0.3) is 0 Å². The summed E-state index contributed by atoms with van der Waals surface area (Å²) in [6.07, 6.45) is 2.90. The third-order valence-electron chi connectivity index (χ3n) is 5.00. The summed E-state index contributed by atoms with van der Waals surface area (Å²) in [4.78, 5) is 0. The van der Waals surface area contributed by atoms with Crippen LogP contribution in [0.15, 0.2) is 11.6 Å². The number of aliphatic hydroxyl groups excluding tert-OH is 1. The molecule has 0 aromatic carbocycles.